The van der Waals surface area contributed by atoms with Crippen molar-refractivity contribution >= 4 is 63.6 Å². The molecule has 1 saturated heterocycles. The first-order valence-corrected chi connectivity index (χ1v) is 15.4. The number of aromatic nitrogens is 1. The number of carbonyl (C=O) groups excluding carboxylic acids is 5. The molecular weight excluding hydrogens is 623 g/mol. The number of Topliss-reactive ketones (excluding diaryl/α,β-unsaturated/α-hetero) is 1. The average Bonchev–Trinajstić information content (AvgIpc) is 3.45. The number of piperidine rings is 1. The van der Waals surface area contributed by atoms with Gasteiger partial charge < -0.3 is 30.4 Å². The Morgan fingerprint density at radius 2 is 1.73 bits per heavy atom. The zero-order valence-corrected chi connectivity index (χ0v) is 26.7. The van der Waals surface area contributed by atoms with Crippen molar-refractivity contribution in [3.8, 4) is 5.75 Å². The van der Waals surface area contributed by atoms with E-state index < -0.39 is 48.2 Å². The van der Waals surface area contributed by atoms with Crippen molar-refractivity contribution in [2.45, 2.75) is 51.6 Å². The van der Waals surface area contributed by atoms with Gasteiger partial charge in [-0.1, -0.05) is 49.2 Å². The lowest BCUT2D eigenvalue weighted by Crippen LogP contribution is -2.54. The van der Waals surface area contributed by atoms with E-state index in [1.807, 2.05) is 13.8 Å². The number of rotatable bonds is 13. The zero-order valence-electron chi connectivity index (χ0n) is 25.2. The largest absolute Gasteiger partial charge is 0.496 e. The Balaban J connectivity index is 1.51. The molecule has 2 heterocycles. The summed E-state index contributed by atoms with van der Waals surface area (Å²) < 4.78 is 10.6. The fraction of sp³-hybridized carbons (Fsp3) is 0.406. The molecule has 3 aromatic rings. The van der Waals surface area contributed by atoms with E-state index in [1.165, 1.54) is 19.2 Å². The van der Waals surface area contributed by atoms with Crippen LogP contribution >= 0.6 is 23.2 Å². The fourth-order valence-corrected chi connectivity index (χ4v) is 5.81. The Hall–Kier alpha value is -4.09. The maximum absolute atomic E-state index is 13.7. The maximum Gasteiger partial charge on any atom is 0.341 e. The molecular formula is C32H36Cl2N4O7. The number of ketones is 1. The van der Waals surface area contributed by atoms with Gasteiger partial charge in [-0.15, -0.1) is 0 Å². The first kappa shape index (κ1) is 33.8. The number of nitrogens with one attached hydrogen (secondary N) is 4. The van der Waals surface area contributed by atoms with Crippen LogP contribution in [-0.2, 0) is 19.1 Å². The van der Waals surface area contributed by atoms with Gasteiger partial charge in [0.1, 0.15) is 17.5 Å². The standard InChI is InChI=1S/C32H36Cl2N4O7/c1-17(2)13-24(38-31(42)25-15-19-22(36-25)10-5-11-27(19)44-3)30(41)37-23(14-18-7-6-12-35-29(18)40)26(39)16-45-32(43)28-20(33)8-4-9-21(28)34/h4-5,8-11,15,17-18,23-24,36H,6-7,12-14,16H2,1-3H3,(H,35,40)(H,37,41)(H,38,42). The number of amides is 3. The van der Waals surface area contributed by atoms with E-state index in [0.717, 1.165) is 0 Å². The molecule has 3 amide bonds. The van der Waals surface area contributed by atoms with Crippen LogP contribution in [0.4, 0.5) is 0 Å². The summed E-state index contributed by atoms with van der Waals surface area (Å²) in [5, 5.41) is 9.10. The molecule has 1 aromatic heterocycles. The van der Waals surface area contributed by atoms with Crippen LogP contribution in [-0.4, -0.2) is 66.8 Å². The van der Waals surface area contributed by atoms with E-state index in [9.17, 15) is 24.0 Å². The van der Waals surface area contributed by atoms with Crippen molar-refractivity contribution in [2.75, 3.05) is 20.3 Å². The minimum absolute atomic E-state index is 0.00320. The summed E-state index contributed by atoms with van der Waals surface area (Å²) in [5.41, 5.74) is 0.830. The van der Waals surface area contributed by atoms with Crippen LogP contribution in [0.1, 0.15) is 60.4 Å². The lowest BCUT2D eigenvalue weighted by atomic mass is 9.90. The summed E-state index contributed by atoms with van der Waals surface area (Å²) in [6, 6.07) is 9.32. The Bertz CT molecular complexity index is 1570. The number of hydrogen-bond donors (Lipinski definition) is 4. The molecule has 0 bridgehead atoms. The number of ether oxygens (including phenoxy) is 2. The lowest BCUT2D eigenvalue weighted by molar-refractivity contribution is -0.133. The van der Waals surface area contributed by atoms with Gasteiger partial charge in [0.15, 0.2) is 12.4 Å². The van der Waals surface area contributed by atoms with Gasteiger partial charge in [0, 0.05) is 23.4 Å². The van der Waals surface area contributed by atoms with E-state index in [0.29, 0.717) is 36.0 Å². The minimum atomic E-state index is -1.18. The van der Waals surface area contributed by atoms with Gasteiger partial charge in [0.25, 0.3) is 5.91 Å². The number of H-pyrrole nitrogens is 1. The minimum Gasteiger partial charge on any atom is -0.496 e. The third kappa shape index (κ3) is 8.55. The van der Waals surface area contributed by atoms with Crippen molar-refractivity contribution in [2.24, 2.45) is 11.8 Å². The molecule has 2 aromatic carbocycles. The summed E-state index contributed by atoms with van der Waals surface area (Å²) in [5.74, 6) is -2.84. The van der Waals surface area contributed by atoms with Gasteiger partial charge in [0.2, 0.25) is 11.8 Å². The van der Waals surface area contributed by atoms with Gasteiger partial charge in [0.05, 0.1) is 28.8 Å². The van der Waals surface area contributed by atoms with Gasteiger partial charge in [-0.25, -0.2) is 4.79 Å². The number of carbonyl (C=O) groups is 5. The summed E-state index contributed by atoms with van der Waals surface area (Å²) in [6.45, 7) is 3.62. The molecule has 240 valence electrons. The van der Waals surface area contributed by atoms with E-state index in [1.54, 1.807) is 30.3 Å². The van der Waals surface area contributed by atoms with E-state index in [2.05, 4.69) is 20.9 Å². The molecule has 13 heteroatoms. The molecule has 4 rings (SSSR count). The second-order valence-corrected chi connectivity index (χ2v) is 12.1. The first-order valence-electron chi connectivity index (χ1n) is 14.7. The molecule has 1 aliphatic heterocycles. The highest BCUT2D eigenvalue weighted by Crippen LogP contribution is 2.27. The molecule has 3 atom stereocenters. The van der Waals surface area contributed by atoms with Crippen molar-refractivity contribution in [1.82, 2.24) is 20.9 Å². The van der Waals surface area contributed by atoms with Gasteiger partial charge in [-0.3, -0.25) is 19.2 Å². The molecule has 45 heavy (non-hydrogen) atoms. The molecule has 0 radical (unpaired) electrons. The predicted octanol–water partition coefficient (Wildman–Crippen LogP) is 4.46. The number of hydrogen-bond acceptors (Lipinski definition) is 7. The third-order valence-corrected chi connectivity index (χ3v) is 8.18. The molecule has 4 N–H and O–H groups in total. The summed E-state index contributed by atoms with van der Waals surface area (Å²) in [4.78, 5) is 68.7. The zero-order chi connectivity index (χ0) is 32.7. The number of benzene rings is 2. The van der Waals surface area contributed by atoms with Crippen LogP contribution in [0.15, 0.2) is 42.5 Å². The molecule has 1 fully saturated rings. The fourth-order valence-electron chi connectivity index (χ4n) is 5.26. The molecule has 3 unspecified atom stereocenters. The van der Waals surface area contributed by atoms with Gasteiger partial charge in [-0.05, 0) is 61.9 Å². The van der Waals surface area contributed by atoms with Crippen LogP contribution < -0.4 is 20.7 Å². The van der Waals surface area contributed by atoms with Crippen LogP contribution in [0.3, 0.4) is 0 Å². The highest BCUT2D eigenvalue weighted by Gasteiger charge is 2.33. The van der Waals surface area contributed by atoms with Crippen LogP contribution in [0.25, 0.3) is 10.9 Å². The van der Waals surface area contributed by atoms with Crippen LogP contribution in [0.2, 0.25) is 10.0 Å². The van der Waals surface area contributed by atoms with E-state index in [4.69, 9.17) is 32.7 Å². The molecule has 11 nitrogen and oxygen atoms in total. The predicted molar refractivity (Wildman–Crippen MR) is 170 cm³/mol. The highest BCUT2D eigenvalue weighted by atomic mass is 35.5. The van der Waals surface area contributed by atoms with Crippen molar-refractivity contribution in [3.63, 3.8) is 0 Å². The second-order valence-electron chi connectivity index (χ2n) is 11.3. The van der Waals surface area contributed by atoms with Gasteiger partial charge >= 0.3 is 5.97 Å². The molecule has 0 saturated carbocycles. The van der Waals surface area contributed by atoms with Crippen LogP contribution in [0.5, 0.6) is 5.75 Å². The summed E-state index contributed by atoms with van der Waals surface area (Å²) in [7, 11) is 1.53. The molecule has 0 spiro atoms. The SMILES string of the molecule is COc1cccc2[nH]c(C(=O)NC(CC(C)C)C(=O)NC(CC3CCCNC3=O)C(=O)COC(=O)c3c(Cl)cccc3Cl)cc12. The lowest BCUT2D eigenvalue weighted by Gasteiger charge is -2.28. The Kier molecular flexibility index (Phi) is 11.5. The Labute approximate surface area is 270 Å². The topological polar surface area (TPSA) is 156 Å². The van der Waals surface area contributed by atoms with Crippen LogP contribution in [0, 0.1) is 11.8 Å². The van der Waals surface area contributed by atoms with E-state index >= 15 is 0 Å². The van der Waals surface area contributed by atoms with Crippen molar-refractivity contribution < 1.29 is 33.4 Å². The summed E-state index contributed by atoms with van der Waals surface area (Å²) >= 11 is 12.2. The maximum atomic E-state index is 13.7. The highest BCUT2D eigenvalue weighted by molar-refractivity contribution is 6.39. The second kappa shape index (κ2) is 15.3. The first-order chi connectivity index (χ1) is 21.5. The Morgan fingerprint density at radius 1 is 1.02 bits per heavy atom. The van der Waals surface area contributed by atoms with Crippen molar-refractivity contribution in [3.05, 3.63) is 63.8 Å². The smallest absolute Gasteiger partial charge is 0.341 e. The summed E-state index contributed by atoms with van der Waals surface area (Å²) in [6.07, 6.45) is 1.50. The molecule has 0 aliphatic carbocycles. The van der Waals surface area contributed by atoms with Crippen molar-refractivity contribution in [1.29, 1.82) is 0 Å². The Morgan fingerprint density at radius 3 is 2.40 bits per heavy atom. The average molecular weight is 660 g/mol. The monoisotopic (exact) mass is 658 g/mol. The number of fused-ring (bicyclic) bond motifs is 1. The third-order valence-electron chi connectivity index (χ3n) is 7.55. The molecule has 1 aliphatic rings. The van der Waals surface area contributed by atoms with Gasteiger partial charge in [-0.2, -0.15) is 0 Å². The number of aromatic amines is 1. The quantitative estimate of drug-likeness (QED) is 0.198. The number of halogens is 2. The van der Waals surface area contributed by atoms with E-state index in [-0.39, 0.29) is 46.0 Å². The number of esters is 1. The number of methoxy groups -OCH3 is 1. The normalized spacial score (nSPS) is 16.0.